The number of hydrogen-bond donors (Lipinski definition) is 1. The highest BCUT2D eigenvalue weighted by atomic mass is 32.2. The van der Waals surface area contributed by atoms with Crippen molar-refractivity contribution in [3.05, 3.63) is 0 Å². The van der Waals surface area contributed by atoms with Crippen molar-refractivity contribution in [1.82, 2.24) is 4.13 Å². The average Bonchev–Trinajstić information content (AvgIpc) is 2.03. The molecule has 0 unspecified atom stereocenters. The Balaban J connectivity index is 2.69. The lowest BCUT2D eigenvalue weighted by molar-refractivity contribution is 0.893. The van der Waals surface area contributed by atoms with Crippen molar-refractivity contribution < 1.29 is 0 Å². The third kappa shape index (κ3) is 10.7. The molecule has 0 fully saturated rings. The number of rotatable bonds is 8. The standard InChI is InChI=1S/C8H19NS2/c1-3-5-7-10-9-11-8-6-4-2/h9H,3-8H2,1-2H3. The van der Waals surface area contributed by atoms with E-state index in [1.54, 1.807) is 0 Å². The van der Waals surface area contributed by atoms with Crippen molar-refractivity contribution >= 4 is 23.9 Å². The van der Waals surface area contributed by atoms with E-state index in [1.165, 1.54) is 37.2 Å². The molecule has 0 bridgehead atoms. The molecule has 1 N–H and O–H groups in total. The normalized spacial score (nSPS) is 10.4. The molecule has 1 nitrogen and oxygen atoms in total. The van der Waals surface area contributed by atoms with Crippen molar-refractivity contribution in [1.29, 1.82) is 0 Å². The second kappa shape index (κ2) is 10.7. The number of hydrogen-bond acceptors (Lipinski definition) is 3. The minimum absolute atomic E-state index is 1.25. The Morgan fingerprint density at radius 2 is 1.36 bits per heavy atom. The third-order valence-electron chi connectivity index (χ3n) is 1.32. The van der Waals surface area contributed by atoms with Gasteiger partial charge < -0.3 is 0 Å². The van der Waals surface area contributed by atoms with Crippen molar-refractivity contribution in [3.63, 3.8) is 0 Å². The lowest BCUT2D eigenvalue weighted by atomic mass is 10.4. The largest absolute Gasteiger partial charge is 0.208 e. The molecule has 0 saturated heterocycles. The number of unbranched alkanes of at least 4 members (excludes halogenated alkanes) is 2. The zero-order valence-corrected chi connectivity index (χ0v) is 9.19. The molecule has 0 aliphatic rings. The zero-order valence-electron chi connectivity index (χ0n) is 7.56. The van der Waals surface area contributed by atoms with Crippen LogP contribution in [-0.2, 0) is 0 Å². The predicted octanol–water partition coefficient (Wildman–Crippen LogP) is 3.47. The van der Waals surface area contributed by atoms with Crippen LogP contribution in [0.1, 0.15) is 39.5 Å². The molecule has 0 spiro atoms. The zero-order chi connectivity index (χ0) is 8.36. The van der Waals surface area contributed by atoms with Crippen LogP contribution in [0.5, 0.6) is 0 Å². The van der Waals surface area contributed by atoms with Crippen LogP contribution in [0.15, 0.2) is 0 Å². The fraction of sp³-hybridized carbons (Fsp3) is 1.00. The van der Waals surface area contributed by atoms with Crippen LogP contribution in [-0.4, -0.2) is 11.5 Å². The van der Waals surface area contributed by atoms with Gasteiger partial charge in [-0.3, -0.25) is 0 Å². The van der Waals surface area contributed by atoms with Crippen LogP contribution in [0.4, 0.5) is 0 Å². The molecule has 68 valence electrons. The first-order chi connectivity index (χ1) is 5.41. The van der Waals surface area contributed by atoms with Gasteiger partial charge in [-0.2, -0.15) is 0 Å². The van der Waals surface area contributed by atoms with Crippen LogP contribution >= 0.6 is 23.9 Å². The molecule has 0 aromatic carbocycles. The van der Waals surface area contributed by atoms with Gasteiger partial charge in [-0.1, -0.05) is 50.6 Å². The molecule has 0 aromatic rings. The summed E-state index contributed by atoms with van der Waals surface area (Å²) in [6, 6.07) is 0. The molecule has 0 aliphatic carbocycles. The van der Waals surface area contributed by atoms with Crippen molar-refractivity contribution in [3.8, 4) is 0 Å². The summed E-state index contributed by atoms with van der Waals surface area (Å²) in [7, 11) is 0. The summed E-state index contributed by atoms with van der Waals surface area (Å²) >= 11 is 3.68. The number of nitrogens with one attached hydrogen (secondary N) is 1. The maximum Gasteiger partial charge on any atom is 0.00866 e. The van der Waals surface area contributed by atoms with E-state index in [1.807, 2.05) is 23.9 Å². The summed E-state index contributed by atoms with van der Waals surface area (Å²) in [5.74, 6) is 2.49. The van der Waals surface area contributed by atoms with Gasteiger partial charge in [0.05, 0.1) is 0 Å². The first-order valence-electron chi connectivity index (χ1n) is 4.40. The SMILES string of the molecule is CCCCSNSCCCC. The van der Waals surface area contributed by atoms with Gasteiger partial charge in [-0.25, -0.2) is 4.13 Å². The molecule has 3 heteroatoms. The van der Waals surface area contributed by atoms with E-state index in [0.29, 0.717) is 0 Å². The first-order valence-corrected chi connectivity index (χ1v) is 6.37. The Bertz CT molecular complexity index is 61.1. The van der Waals surface area contributed by atoms with E-state index in [2.05, 4.69) is 18.0 Å². The minimum Gasteiger partial charge on any atom is -0.208 e. The molecule has 0 radical (unpaired) electrons. The van der Waals surface area contributed by atoms with Gasteiger partial charge in [0.1, 0.15) is 0 Å². The fourth-order valence-electron chi connectivity index (χ4n) is 0.558. The van der Waals surface area contributed by atoms with Crippen molar-refractivity contribution in [2.45, 2.75) is 39.5 Å². The Hall–Kier alpha value is 0.660. The first kappa shape index (κ1) is 11.7. The van der Waals surface area contributed by atoms with E-state index >= 15 is 0 Å². The predicted molar refractivity (Wildman–Crippen MR) is 57.9 cm³/mol. The molecule has 0 amide bonds. The second-order valence-corrected chi connectivity index (χ2v) is 4.55. The van der Waals surface area contributed by atoms with Crippen LogP contribution < -0.4 is 4.13 Å². The smallest absolute Gasteiger partial charge is 0.00866 e. The van der Waals surface area contributed by atoms with Gasteiger partial charge in [-0.05, 0) is 12.8 Å². The summed E-state index contributed by atoms with van der Waals surface area (Å²) < 4.78 is 3.29. The van der Waals surface area contributed by atoms with Gasteiger partial charge in [0.2, 0.25) is 0 Å². The van der Waals surface area contributed by atoms with Crippen molar-refractivity contribution in [2.75, 3.05) is 11.5 Å². The molecular formula is C8H19NS2. The third-order valence-corrected chi connectivity index (χ3v) is 3.25. The molecule has 0 aromatic heterocycles. The highest BCUT2D eigenvalue weighted by Crippen LogP contribution is 2.07. The van der Waals surface area contributed by atoms with E-state index in [-0.39, 0.29) is 0 Å². The van der Waals surface area contributed by atoms with Crippen LogP contribution in [0.3, 0.4) is 0 Å². The molecule has 0 atom stereocenters. The second-order valence-electron chi connectivity index (χ2n) is 2.49. The van der Waals surface area contributed by atoms with E-state index in [9.17, 15) is 0 Å². The fourth-order valence-corrected chi connectivity index (χ4v) is 2.42. The molecule has 0 aliphatic heterocycles. The lowest BCUT2D eigenvalue weighted by Crippen LogP contribution is -1.94. The van der Waals surface area contributed by atoms with Gasteiger partial charge >= 0.3 is 0 Å². The van der Waals surface area contributed by atoms with Crippen molar-refractivity contribution in [2.24, 2.45) is 0 Å². The monoisotopic (exact) mass is 193 g/mol. The maximum absolute atomic E-state index is 3.29. The summed E-state index contributed by atoms with van der Waals surface area (Å²) in [4.78, 5) is 0. The Labute approximate surface area is 79.4 Å². The highest BCUT2D eigenvalue weighted by Gasteiger charge is 1.87. The van der Waals surface area contributed by atoms with Crippen LogP contribution in [0.2, 0.25) is 0 Å². The van der Waals surface area contributed by atoms with Gasteiger partial charge in [0, 0.05) is 11.5 Å². The van der Waals surface area contributed by atoms with E-state index < -0.39 is 0 Å². The molecule has 0 rings (SSSR count). The van der Waals surface area contributed by atoms with Gasteiger partial charge in [-0.15, -0.1) is 0 Å². The van der Waals surface area contributed by atoms with Crippen LogP contribution in [0, 0.1) is 0 Å². The maximum atomic E-state index is 3.29. The Kier molecular flexibility index (Phi) is 11.3. The molecule has 0 heterocycles. The molecule has 11 heavy (non-hydrogen) atoms. The van der Waals surface area contributed by atoms with E-state index in [0.717, 1.165) is 0 Å². The van der Waals surface area contributed by atoms with Crippen LogP contribution in [0.25, 0.3) is 0 Å². The minimum atomic E-state index is 1.25. The molecular weight excluding hydrogens is 174 g/mol. The summed E-state index contributed by atoms with van der Waals surface area (Å²) in [6.45, 7) is 4.45. The van der Waals surface area contributed by atoms with Gasteiger partial charge in [0.25, 0.3) is 0 Å². The lowest BCUT2D eigenvalue weighted by Gasteiger charge is -2.00. The quantitative estimate of drug-likeness (QED) is 0.468. The summed E-state index contributed by atoms with van der Waals surface area (Å²) in [5, 5.41) is 0. The average molecular weight is 193 g/mol. The Morgan fingerprint density at radius 3 is 1.73 bits per heavy atom. The summed E-state index contributed by atoms with van der Waals surface area (Å²) in [5.41, 5.74) is 0. The Morgan fingerprint density at radius 1 is 0.909 bits per heavy atom. The molecule has 0 saturated carbocycles. The van der Waals surface area contributed by atoms with Gasteiger partial charge in [0.15, 0.2) is 0 Å². The topological polar surface area (TPSA) is 12.0 Å². The highest BCUT2D eigenvalue weighted by molar-refractivity contribution is 8.12. The van der Waals surface area contributed by atoms with E-state index in [4.69, 9.17) is 0 Å². The summed E-state index contributed by atoms with van der Waals surface area (Å²) in [6.07, 6.45) is 5.25.